The fourth-order valence-electron chi connectivity index (χ4n) is 2.03. The Labute approximate surface area is 158 Å². The molecule has 1 unspecified atom stereocenters. The van der Waals surface area contributed by atoms with Crippen molar-refractivity contribution in [2.24, 2.45) is 0 Å². The van der Waals surface area contributed by atoms with Gasteiger partial charge in [-0.2, -0.15) is 0 Å². The first kappa shape index (κ1) is 18.8. The van der Waals surface area contributed by atoms with Gasteiger partial charge in [-0.05, 0) is 42.8 Å². The lowest BCUT2D eigenvalue weighted by atomic mass is 10.1. The quantitative estimate of drug-likeness (QED) is 0.741. The molecule has 7 heteroatoms. The van der Waals surface area contributed by atoms with E-state index in [0.717, 1.165) is 10.0 Å². The van der Waals surface area contributed by atoms with Crippen molar-refractivity contribution >= 4 is 50.9 Å². The van der Waals surface area contributed by atoms with Crippen molar-refractivity contribution in [3.63, 3.8) is 0 Å². The molecule has 0 spiro atoms. The summed E-state index contributed by atoms with van der Waals surface area (Å²) in [6.07, 6.45) is 0. The third-order valence-corrected chi connectivity index (χ3v) is 4.61. The van der Waals surface area contributed by atoms with Crippen LogP contribution in [0.25, 0.3) is 0 Å². The number of amides is 2. The van der Waals surface area contributed by atoms with Crippen LogP contribution in [0.4, 0.5) is 0 Å². The fourth-order valence-corrected chi connectivity index (χ4v) is 2.59. The largest absolute Gasteiger partial charge is 0.348 e. The third kappa shape index (κ3) is 5.23. The van der Waals surface area contributed by atoms with Gasteiger partial charge >= 0.3 is 0 Å². The Morgan fingerprint density at radius 2 is 1.75 bits per heavy atom. The van der Waals surface area contributed by atoms with Crippen LogP contribution in [-0.2, 0) is 4.79 Å². The number of hydrogen-bond donors (Lipinski definition) is 2. The predicted molar refractivity (Wildman–Crippen MR) is 99.5 cm³/mol. The van der Waals surface area contributed by atoms with E-state index in [1.54, 1.807) is 6.07 Å². The van der Waals surface area contributed by atoms with E-state index in [2.05, 4.69) is 26.6 Å². The first-order chi connectivity index (χ1) is 11.4. The maximum Gasteiger partial charge on any atom is 0.251 e. The summed E-state index contributed by atoms with van der Waals surface area (Å²) in [6, 6.07) is 12.0. The van der Waals surface area contributed by atoms with Gasteiger partial charge in [0.25, 0.3) is 5.91 Å². The van der Waals surface area contributed by atoms with E-state index in [4.69, 9.17) is 23.2 Å². The molecule has 24 heavy (non-hydrogen) atoms. The third-order valence-electron chi connectivity index (χ3n) is 3.34. The van der Waals surface area contributed by atoms with Crippen molar-refractivity contribution in [1.82, 2.24) is 10.6 Å². The van der Waals surface area contributed by atoms with Gasteiger partial charge < -0.3 is 10.6 Å². The van der Waals surface area contributed by atoms with Crippen molar-refractivity contribution in [2.75, 3.05) is 6.54 Å². The average molecular weight is 430 g/mol. The lowest BCUT2D eigenvalue weighted by molar-refractivity contribution is -0.120. The smallest absolute Gasteiger partial charge is 0.251 e. The molecule has 0 fully saturated rings. The molecule has 2 aromatic rings. The maximum atomic E-state index is 12.0. The van der Waals surface area contributed by atoms with Gasteiger partial charge in [-0.1, -0.05) is 51.3 Å². The van der Waals surface area contributed by atoms with E-state index in [1.165, 1.54) is 12.1 Å². The van der Waals surface area contributed by atoms with Crippen LogP contribution in [0.5, 0.6) is 0 Å². The van der Waals surface area contributed by atoms with Crippen LogP contribution in [0.2, 0.25) is 10.0 Å². The molecule has 4 nitrogen and oxygen atoms in total. The van der Waals surface area contributed by atoms with Crippen LogP contribution in [0.15, 0.2) is 46.9 Å². The van der Waals surface area contributed by atoms with Crippen LogP contribution < -0.4 is 10.6 Å². The summed E-state index contributed by atoms with van der Waals surface area (Å²) < 4.78 is 0.971. The van der Waals surface area contributed by atoms with Crippen molar-refractivity contribution in [2.45, 2.75) is 13.0 Å². The van der Waals surface area contributed by atoms with Gasteiger partial charge in [-0.25, -0.2) is 0 Å². The summed E-state index contributed by atoms with van der Waals surface area (Å²) in [7, 11) is 0. The molecular formula is C17H15BrCl2N2O2. The summed E-state index contributed by atoms with van der Waals surface area (Å²) in [4.78, 5) is 24.0. The molecule has 1 atom stereocenters. The molecule has 0 saturated carbocycles. The Morgan fingerprint density at radius 3 is 2.38 bits per heavy atom. The Balaban J connectivity index is 1.87. The number of hydrogen-bond acceptors (Lipinski definition) is 2. The Morgan fingerprint density at radius 1 is 1.08 bits per heavy atom. The number of carbonyl (C=O) groups is 2. The highest BCUT2D eigenvalue weighted by atomic mass is 79.9. The molecule has 0 bridgehead atoms. The number of halogens is 3. The minimum absolute atomic E-state index is 0.125. The summed E-state index contributed by atoms with van der Waals surface area (Å²) >= 11 is 15.0. The van der Waals surface area contributed by atoms with Gasteiger partial charge in [0.1, 0.15) is 0 Å². The zero-order chi connectivity index (χ0) is 17.7. The molecule has 126 valence electrons. The van der Waals surface area contributed by atoms with Gasteiger partial charge in [-0.3, -0.25) is 9.59 Å². The molecule has 0 saturated heterocycles. The molecule has 2 N–H and O–H groups in total. The van der Waals surface area contributed by atoms with Crippen molar-refractivity contribution in [1.29, 1.82) is 0 Å². The van der Waals surface area contributed by atoms with Gasteiger partial charge in [-0.15, -0.1) is 0 Å². The molecule has 0 aliphatic rings. The van der Waals surface area contributed by atoms with E-state index in [0.29, 0.717) is 10.6 Å². The molecule has 0 heterocycles. The first-order valence-electron chi connectivity index (χ1n) is 7.15. The van der Waals surface area contributed by atoms with E-state index >= 15 is 0 Å². The van der Waals surface area contributed by atoms with Crippen molar-refractivity contribution in [3.05, 3.63) is 68.1 Å². The van der Waals surface area contributed by atoms with Gasteiger partial charge in [0.2, 0.25) is 5.91 Å². The van der Waals surface area contributed by atoms with Gasteiger partial charge in [0.05, 0.1) is 22.6 Å². The van der Waals surface area contributed by atoms with E-state index < -0.39 is 0 Å². The van der Waals surface area contributed by atoms with E-state index in [9.17, 15) is 9.59 Å². The lowest BCUT2D eigenvalue weighted by Crippen LogP contribution is -2.38. The summed E-state index contributed by atoms with van der Waals surface area (Å²) in [6.45, 7) is 1.75. The summed E-state index contributed by atoms with van der Waals surface area (Å²) in [5.74, 6) is -0.668. The molecule has 2 rings (SSSR count). The lowest BCUT2D eigenvalue weighted by Gasteiger charge is -2.15. The highest BCUT2D eigenvalue weighted by molar-refractivity contribution is 9.10. The highest BCUT2D eigenvalue weighted by Gasteiger charge is 2.12. The Hall–Kier alpha value is -1.56. The normalized spacial score (nSPS) is 11.7. The monoisotopic (exact) mass is 428 g/mol. The van der Waals surface area contributed by atoms with E-state index in [1.807, 2.05) is 31.2 Å². The summed E-state index contributed by atoms with van der Waals surface area (Å²) in [5, 5.41) is 6.04. The molecule has 0 radical (unpaired) electrons. The molecule has 0 aromatic heterocycles. The summed E-state index contributed by atoms with van der Waals surface area (Å²) in [5.41, 5.74) is 1.32. The zero-order valence-electron chi connectivity index (χ0n) is 12.8. The topological polar surface area (TPSA) is 58.2 Å². The van der Waals surface area contributed by atoms with E-state index in [-0.39, 0.29) is 29.4 Å². The van der Waals surface area contributed by atoms with Crippen LogP contribution in [0.3, 0.4) is 0 Å². The second-order valence-corrected chi connectivity index (χ2v) is 6.88. The van der Waals surface area contributed by atoms with Crippen LogP contribution in [0.1, 0.15) is 28.9 Å². The molecular weight excluding hydrogens is 415 g/mol. The number of rotatable bonds is 5. The second kappa shape index (κ2) is 8.51. The van der Waals surface area contributed by atoms with Crippen LogP contribution in [-0.4, -0.2) is 18.4 Å². The fraction of sp³-hybridized carbons (Fsp3) is 0.176. The molecule has 0 aliphatic carbocycles. The zero-order valence-corrected chi connectivity index (χ0v) is 15.9. The number of carbonyl (C=O) groups excluding carboxylic acids is 2. The first-order valence-corrected chi connectivity index (χ1v) is 8.70. The highest BCUT2D eigenvalue weighted by Crippen LogP contribution is 2.22. The Kier molecular flexibility index (Phi) is 6.66. The minimum Gasteiger partial charge on any atom is -0.348 e. The second-order valence-electron chi connectivity index (χ2n) is 5.15. The predicted octanol–water partition coefficient (Wildman–Crippen LogP) is 4.36. The SMILES string of the molecule is CC(NC(=O)CNC(=O)c1ccc(Cl)c(Cl)c1)c1ccc(Br)cc1. The number of benzene rings is 2. The van der Waals surface area contributed by atoms with Crippen molar-refractivity contribution in [3.8, 4) is 0 Å². The standard InChI is InChI=1S/C17H15BrCl2N2O2/c1-10(11-2-5-13(18)6-3-11)22-16(23)9-21-17(24)12-4-7-14(19)15(20)8-12/h2-8,10H,9H2,1H3,(H,21,24)(H,22,23). The molecule has 2 amide bonds. The molecule has 0 aliphatic heterocycles. The molecule has 2 aromatic carbocycles. The van der Waals surface area contributed by atoms with Crippen LogP contribution >= 0.6 is 39.1 Å². The maximum absolute atomic E-state index is 12.0. The van der Waals surface area contributed by atoms with Crippen molar-refractivity contribution < 1.29 is 9.59 Å². The van der Waals surface area contributed by atoms with Gasteiger partial charge in [0, 0.05) is 10.0 Å². The Bertz CT molecular complexity index is 751. The number of nitrogens with one attached hydrogen (secondary N) is 2. The average Bonchev–Trinajstić information content (AvgIpc) is 2.55. The van der Waals surface area contributed by atoms with Gasteiger partial charge in [0.15, 0.2) is 0 Å². The van der Waals surface area contributed by atoms with Crippen LogP contribution in [0, 0.1) is 0 Å². The minimum atomic E-state index is -0.389.